The number of hydrogen-bond donors (Lipinski definition) is 3. The first-order valence-electron chi connectivity index (χ1n) is 8.98. The van der Waals surface area contributed by atoms with E-state index in [1.165, 1.54) is 11.8 Å². The van der Waals surface area contributed by atoms with Gasteiger partial charge in [0.1, 0.15) is 0 Å². The summed E-state index contributed by atoms with van der Waals surface area (Å²) in [6.45, 7) is 0. The van der Waals surface area contributed by atoms with Crippen molar-refractivity contribution in [2.24, 2.45) is 0 Å². The first kappa shape index (κ1) is 18.9. The summed E-state index contributed by atoms with van der Waals surface area (Å²) in [4.78, 5) is 41.1. The fraction of sp³-hybridized carbons (Fsp3) is 0.0476. The number of urea groups is 1. The third-order valence-corrected chi connectivity index (χ3v) is 4.40. The van der Waals surface area contributed by atoms with E-state index in [2.05, 4.69) is 20.7 Å². The van der Waals surface area contributed by atoms with Crippen molar-refractivity contribution in [3.8, 4) is 5.82 Å². The van der Waals surface area contributed by atoms with Crippen LogP contribution in [0.2, 0.25) is 0 Å². The van der Waals surface area contributed by atoms with Crippen molar-refractivity contribution < 1.29 is 14.3 Å². The molecule has 2 aromatic carbocycles. The van der Waals surface area contributed by atoms with E-state index in [-0.39, 0.29) is 11.1 Å². The Labute approximate surface area is 170 Å². The van der Waals surface area contributed by atoms with E-state index in [1.807, 2.05) is 0 Å². The van der Waals surface area contributed by atoms with Crippen molar-refractivity contribution in [2.75, 3.05) is 17.7 Å². The molecule has 9 nitrogen and oxygen atoms in total. The summed E-state index contributed by atoms with van der Waals surface area (Å²) in [5.41, 5.74) is 1.27. The lowest BCUT2D eigenvalue weighted by Crippen LogP contribution is -2.21. The molecule has 4 aromatic rings. The Morgan fingerprint density at radius 3 is 2.60 bits per heavy atom. The van der Waals surface area contributed by atoms with Crippen LogP contribution in [-0.2, 0) is 4.74 Å². The topological polar surface area (TPSA) is 118 Å². The predicted octanol–water partition coefficient (Wildman–Crippen LogP) is 3.14. The van der Waals surface area contributed by atoms with E-state index >= 15 is 0 Å². The zero-order valence-electron chi connectivity index (χ0n) is 15.9. The molecule has 0 spiro atoms. The molecule has 2 amide bonds. The minimum Gasteiger partial charge on any atom is -0.465 e. The molecule has 150 valence electrons. The van der Waals surface area contributed by atoms with Gasteiger partial charge in [-0.05, 0) is 42.5 Å². The van der Waals surface area contributed by atoms with Gasteiger partial charge in [-0.2, -0.15) is 0 Å². The number of benzene rings is 2. The summed E-state index contributed by atoms with van der Waals surface area (Å²) in [5.74, 6) is -0.0971. The van der Waals surface area contributed by atoms with Crippen LogP contribution in [0.3, 0.4) is 0 Å². The van der Waals surface area contributed by atoms with Crippen molar-refractivity contribution >= 4 is 34.3 Å². The molecule has 0 aliphatic carbocycles. The third-order valence-electron chi connectivity index (χ3n) is 4.40. The number of methoxy groups -OCH3 is 1. The number of nitrogens with one attached hydrogen (secondary N) is 3. The maximum atomic E-state index is 12.7. The maximum Gasteiger partial charge on any atom is 0.339 e. The lowest BCUT2D eigenvalue weighted by atomic mass is 10.2. The zero-order chi connectivity index (χ0) is 21.1. The molecule has 30 heavy (non-hydrogen) atoms. The number of amides is 2. The maximum absolute atomic E-state index is 12.7. The highest BCUT2D eigenvalue weighted by molar-refractivity contribution is 6.05. The van der Waals surface area contributed by atoms with Gasteiger partial charge in [-0.15, -0.1) is 0 Å². The predicted molar refractivity (Wildman–Crippen MR) is 112 cm³/mol. The van der Waals surface area contributed by atoms with Gasteiger partial charge in [0.15, 0.2) is 5.82 Å². The normalized spacial score (nSPS) is 10.6. The van der Waals surface area contributed by atoms with Gasteiger partial charge in [-0.25, -0.2) is 19.3 Å². The van der Waals surface area contributed by atoms with E-state index < -0.39 is 12.0 Å². The first-order chi connectivity index (χ1) is 14.6. The van der Waals surface area contributed by atoms with E-state index in [9.17, 15) is 14.4 Å². The number of esters is 1. The molecule has 4 rings (SSSR count). The summed E-state index contributed by atoms with van der Waals surface area (Å²) in [5, 5.41) is 8.66. The molecule has 0 radical (unpaired) electrons. The Bertz CT molecular complexity index is 1290. The number of aromatic amines is 1. The van der Waals surface area contributed by atoms with Crippen molar-refractivity contribution in [3.05, 3.63) is 82.8 Å². The molecule has 9 heteroatoms. The number of carbonyl (C=O) groups is 2. The van der Waals surface area contributed by atoms with Crippen molar-refractivity contribution in [3.63, 3.8) is 0 Å². The second-order valence-electron chi connectivity index (χ2n) is 6.32. The molecular weight excluding hydrogens is 386 g/mol. The average molecular weight is 403 g/mol. The van der Waals surface area contributed by atoms with Gasteiger partial charge in [-0.3, -0.25) is 9.89 Å². The minimum absolute atomic E-state index is 0.231. The SMILES string of the molecule is COC(=O)c1ccccc1NC(=O)Nc1ccc2[nH]n(-c3ccccn3)c(=O)c2c1. The van der Waals surface area contributed by atoms with Gasteiger partial charge in [0.2, 0.25) is 0 Å². The first-order valence-corrected chi connectivity index (χ1v) is 8.98. The van der Waals surface area contributed by atoms with Crippen LogP contribution in [0.1, 0.15) is 10.4 Å². The number of aromatic nitrogens is 3. The number of carbonyl (C=O) groups excluding carboxylic acids is 2. The van der Waals surface area contributed by atoms with E-state index in [1.54, 1.807) is 66.9 Å². The van der Waals surface area contributed by atoms with Gasteiger partial charge in [0.05, 0.1) is 29.3 Å². The van der Waals surface area contributed by atoms with E-state index in [4.69, 9.17) is 4.74 Å². The molecule has 3 N–H and O–H groups in total. The molecule has 0 aliphatic heterocycles. The quantitative estimate of drug-likeness (QED) is 0.453. The van der Waals surface area contributed by atoms with Crippen LogP contribution in [0.25, 0.3) is 16.7 Å². The van der Waals surface area contributed by atoms with Crippen LogP contribution in [0.4, 0.5) is 16.2 Å². The molecule has 2 aromatic heterocycles. The van der Waals surface area contributed by atoms with Crippen LogP contribution >= 0.6 is 0 Å². The Balaban J connectivity index is 1.58. The number of ether oxygens (including phenoxy) is 1. The molecule has 0 aliphatic rings. The smallest absolute Gasteiger partial charge is 0.339 e. The van der Waals surface area contributed by atoms with Crippen LogP contribution in [0, 0.1) is 0 Å². The van der Waals surface area contributed by atoms with Gasteiger partial charge in [0, 0.05) is 11.9 Å². The van der Waals surface area contributed by atoms with E-state index in [0.717, 1.165) is 0 Å². The molecule has 0 bridgehead atoms. The molecule has 0 saturated carbocycles. The van der Waals surface area contributed by atoms with Gasteiger partial charge in [0.25, 0.3) is 5.56 Å². The zero-order valence-corrected chi connectivity index (χ0v) is 15.9. The van der Waals surface area contributed by atoms with Gasteiger partial charge in [-0.1, -0.05) is 18.2 Å². The highest BCUT2D eigenvalue weighted by Gasteiger charge is 2.14. The highest BCUT2D eigenvalue weighted by Crippen LogP contribution is 2.19. The lowest BCUT2D eigenvalue weighted by Gasteiger charge is -2.10. The number of fused-ring (bicyclic) bond motifs is 1. The Morgan fingerprint density at radius 1 is 1.03 bits per heavy atom. The second-order valence-corrected chi connectivity index (χ2v) is 6.32. The molecule has 0 atom stereocenters. The fourth-order valence-electron chi connectivity index (χ4n) is 3.00. The number of pyridine rings is 1. The Kier molecular flexibility index (Phi) is 5.00. The monoisotopic (exact) mass is 403 g/mol. The molecular formula is C21H17N5O4. The molecule has 2 heterocycles. The minimum atomic E-state index is -0.564. The average Bonchev–Trinajstić information content (AvgIpc) is 3.10. The largest absolute Gasteiger partial charge is 0.465 e. The summed E-state index contributed by atoms with van der Waals surface area (Å²) in [6, 6.07) is 16.1. The number of anilines is 2. The number of hydrogen-bond acceptors (Lipinski definition) is 5. The van der Waals surface area contributed by atoms with Crippen molar-refractivity contribution in [2.45, 2.75) is 0 Å². The highest BCUT2D eigenvalue weighted by atomic mass is 16.5. The fourth-order valence-corrected chi connectivity index (χ4v) is 3.00. The number of para-hydroxylation sites is 1. The van der Waals surface area contributed by atoms with Crippen molar-refractivity contribution in [1.82, 2.24) is 14.8 Å². The summed E-state index contributed by atoms with van der Waals surface area (Å²) in [7, 11) is 1.27. The van der Waals surface area contributed by atoms with Gasteiger partial charge >= 0.3 is 12.0 Å². The van der Waals surface area contributed by atoms with Gasteiger partial charge < -0.3 is 15.4 Å². The summed E-state index contributed by atoms with van der Waals surface area (Å²) < 4.78 is 6.06. The Morgan fingerprint density at radius 2 is 1.83 bits per heavy atom. The standard InChI is InChI=1S/C21H17N5O4/c1-30-20(28)14-6-2-3-7-16(14)24-21(29)23-13-9-10-17-15(12-13)19(27)26(25-17)18-8-4-5-11-22-18/h2-12,25H,1H3,(H2,23,24,29). The number of nitrogens with zero attached hydrogens (tertiary/aromatic N) is 2. The number of H-pyrrole nitrogens is 1. The van der Waals surface area contributed by atoms with Crippen molar-refractivity contribution in [1.29, 1.82) is 0 Å². The molecule has 0 unspecified atom stereocenters. The van der Waals surface area contributed by atoms with Crippen LogP contribution in [0.15, 0.2) is 71.7 Å². The second kappa shape index (κ2) is 7.92. The van der Waals surface area contributed by atoms with E-state index in [0.29, 0.717) is 28.1 Å². The van der Waals surface area contributed by atoms with Crippen LogP contribution < -0.4 is 16.2 Å². The Hall–Kier alpha value is -4.40. The number of rotatable bonds is 4. The summed E-state index contributed by atoms with van der Waals surface area (Å²) >= 11 is 0. The molecule has 0 saturated heterocycles. The van der Waals surface area contributed by atoms with Crippen LogP contribution in [0.5, 0.6) is 0 Å². The third kappa shape index (κ3) is 3.63. The molecule has 0 fully saturated rings. The lowest BCUT2D eigenvalue weighted by molar-refractivity contribution is 0.0602. The summed E-state index contributed by atoms with van der Waals surface area (Å²) in [6.07, 6.45) is 1.59. The van der Waals surface area contributed by atoms with Crippen LogP contribution in [-0.4, -0.2) is 33.9 Å².